The number of rotatable bonds is 3. The van der Waals surface area contributed by atoms with E-state index in [1.807, 2.05) is 0 Å². The number of carbonyl (C=O) groups excluding carboxylic acids is 2. The molecule has 0 bridgehead atoms. The maximum Gasteiger partial charge on any atom is 0.253 e. The number of oxime groups is 1. The molecule has 0 aliphatic carbocycles. The first kappa shape index (κ1) is 14.8. The van der Waals surface area contributed by atoms with Gasteiger partial charge in [-0.2, -0.15) is 0 Å². The molecule has 0 saturated carbocycles. The van der Waals surface area contributed by atoms with Gasteiger partial charge in [0.1, 0.15) is 0 Å². The number of carbonyl (C=O) groups is 2. The van der Waals surface area contributed by atoms with Crippen molar-refractivity contribution in [3.8, 4) is 0 Å². The molecule has 1 atom stereocenters. The fraction of sp³-hybridized carbons (Fsp3) is 0.357. The van der Waals surface area contributed by atoms with Crippen molar-refractivity contribution < 1.29 is 14.8 Å². The molecule has 1 saturated heterocycles. The summed E-state index contributed by atoms with van der Waals surface area (Å²) in [4.78, 5) is 25.4. The lowest BCUT2D eigenvalue weighted by atomic mass is 9.89. The molecule has 1 heterocycles. The summed E-state index contributed by atoms with van der Waals surface area (Å²) in [6, 6.07) is 6.42. The SMILES string of the molecule is CC1(C(N)=O)CCN(C(=O)c2ccc(/C(N)=N/O)cc2)C1. The molecule has 1 aromatic carbocycles. The summed E-state index contributed by atoms with van der Waals surface area (Å²) in [6.07, 6.45) is 0.566. The fourth-order valence-electron chi connectivity index (χ4n) is 2.36. The van der Waals surface area contributed by atoms with Gasteiger partial charge in [0.15, 0.2) is 5.84 Å². The predicted molar refractivity (Wildman–Crippen MR) is 76.8 cm³/mol. The maximum absolute atomic E-state index is 12.4. The van der Waals surface area contributed by atoms with Gasteiger partial charge in [-0.05, 0) is 25.5 Å². The largest absolute Gasteiger partial charge is 0.409 e. The number of primary amides is 1. The van der Waals surface area contributed by atoms with Crippen molar-refractivity contribution in [2.75, 3.05) is 13.1 Å². The molecule has 0 aromatic heterocycles. The lowest BCUT2D eigenvalue weighted by Crippen LogP contribution is -2.38. The standard InChI is InChI=1S/C14H18N4O3/c1-14(13(16)20)6-7-18(8-14)12(19)10-4-2-9(3-5-10)11(15)17-21/h2-5,21H,6-8H2,1H3,(H2,15,17)(H2,16,20). The monoisotopic (exact) mass is 290 g/mol. The molecule has 0 radical (unpaired) electrons. The summed E-state index contributed by atoms with van der Waals surface area (Å²) in [7, 11) is 0. The van der Waals surface area contributed by atoms with E-state index < -0.39 is 5.41 Å². The molecule has 1 aromatic rings. The minimum Gasteiger partial charge on any atom is -0.409 e. The van der Waals surface area contributed by atoms with Gasteiger partial charge in [-0.15, -0.1) is 0 Å². The molecule has 7 nitrogen and oxygen atoms in total. The molecule has 5 N–H and O–H groups in total. The van der Waals surface area contributed by atoms with Gasteiger partial charge in [-0.1, -0.05) is 17.3 Å². The van der Waals surface area contributed by atoms with Gasteiger partial charge in [-0.25, -0.2) is 0 Å². The summed E-state index contributed by atoms with van der Waals surface area (Å²) < 4.78 is 0. The Balaban J connectivity index is 2.13. The third kappa shape index (κ3) is 2.81. The molecular weight excluding hydrogens is 272 g/mol. The molecule has 2 rings (SSSR count). The van der Waals surface area contributed by atoms with Crippen LogP contribution in [0.2, 0.25) is 0 Å². The lowest BCUT2D eigenvalue weighted by molar-refractivity contribution is -0.126. The average Bonchev–Trinajstić information content (AvgIpc) is 2.90. The Bertz CT molecular complexity index is 597. The Morgan fingerprint density at radius 1 is 1.24 bits per heavy atom. The van der Waals surface area contributed by atoms with Gasteiger partial charge in [0.05, 0.1) is 5.41 Å². The van der Waals surface area contributed by atoms with Crippen LogP contribution in [0.15, 0.2) is 29.4 Å². The summed E-state index contributed by atoms with van der Waals surface area (Å²) in [5.74, 6) is -0.567. The highest BCUT2D eigenvalue weighted by atomic mass is 16.4. The molecule has 1 aliphatic heterocycles. The van der Waals surface area contributed by atoms with Crippen molar-refractivity contribution >= 4 is 17.6 Å². The van der Waals surface area contributed by atoms with E-state index in [1.54, 1.807) is 36.1 Å². The summed E-state index contributed by atoms with van der Waals surface area (Å²) in [6.45, 7) is 2.59. The van der Waals surface area contributed by atoms with Crippen LogP contribution < -0.4 is 11.5 Å². The van der Waals surface area contributed by atoms with Gasteiger partial charge in [0.25, 0.3) is 5.91 Å². The number of likely N-dealkylation sites (tertiary alicyclic amines) is 1. The van der Waals surface area contributed by atoms with Crippen LogP contribution >= 0.6 is 0 Å². The predicted octanol–water partition coefficient (Wildman–Crippen LogP) is 0.119. The van der Waals surface area contributed by atoms with E-state index in [-0.39, 0.29) is 17.6 Å². The van der Waals surface area contributed by atoms with E-state index in [0.29, 0.717) is 30.6 Å². The van der Waals surface area contributed by atoms with Gasteiger partial charge in [-0.3, -0.25) is 9.59 Å². The second-order valence-corrected chi connectivity index (χ2v) is 5.46. The normalized spacial score (nSPS) is 22.3. The van der Waals surface area contributed by atoms with E-state index in [1.165, 1.54) is 0 Å². The molecule has 112 valence electrons. The van der Waals surface area contributed by atoms with E-state index in [9.17, 15) is 9.59 Å². The Morgan fingerprint density at radius 2 is 1.81 bits per heavy atom. The van der Waals surface area contributed by atoms with Gasteiger partial charge in [0.2, 0.25) is 5.91 Å². The van der Waals surface area contributed by atoms with Crippen molar-refractivity contribution in [3.05, 3.63) is 35.4 Å². The van der Waals surface area contributed by atoms with Crippen LogP contribution in [0.5, 0.6) is 0 Å². The zero-order valence-electron chi connectivity index (χ0n) is 11.7. The number of nitrogens with two attached hydrogens (primary N) is 2. The molecule has 2 amide bonds. The minimum atomic E-state index is -0.663. The van der Waals surface area contributed by atoms with E-state index in [2.05, 4.69) is 5.16 Å². The van der Waals surface area contributed by atoms with Gasteiger partial charge in [0, 0.05) is 24.2 Å². The first-order chi connectivity index (χ1) is 9.87. The van der Waals surface area contributed by atoms with Crippen molar-refractivity contribution in [1.82, 2.24) is 4.90 Å². The molecule has 7 heteroatoms. The maximum atomic E-state index is 12.4. The summed E-state index contributed by atoms with van der Waals surface area (Å²) >= 11 is 0. The topological polar surface area (TPSA) is 122 Å². The van der Waals surface area contributed by atoms with Crippen LogP contribution in [-0.2, 0) is 4.79 Å². The Kier molecular flexibility index (Phi) is 3.84. The van der Waals surface area contributed by atoms with Crippen molar-refractivity contribution in [2.45, 2.75) is 13.3 Å². The molecular formula is C14H18N4O3. The number of amidine groups is 1. The van der Waals surface area contributed by atoms with Gasteiger partial charge < -0.3 is 21.6 Å². The highest BCUT2D eigenvalue weighted by Gasteiger charge is 2.40. The third-order valence-electron chi connectivity index (χ3n) is 3.89. The molecule has 0 spiro atoms. The summed E-state index contributed by atoms with van der Waals surface area (Å²) in [5.41, 5.74) is 11.2. The molecule has 21 heavy (non-hydrogen) atoms. The highest BCUT2D eigenvalue weighted by molar-refractivity contribution is 5.99. The van der Waals surface area contributed by atoms with Crippen LogP contribution in [0, 0.1) is 5.41 Å². The number of benzene rings is 1. The van der Waals surface area contributed by atoms with Crippen LogP contribution in [0.3, 0.4) is 0 Å². The second-order valence-electron chi connectivity index (χ2n) is 5.46. The first-order valence-corrected chi connectivity index (χ1v) is 6.54. The number of amides is 2. The zero-order chi connectivity index (χ0) is 15.6. The van der Waals surface area contributed by atoms with Crippen LogP contribution in [0.25, 0.3) is 0 Å². The van der Waals surface area contributed by atoms with Crippen LogP contribution in [0.4, 0.5) is 0 Å². The Morgan fingerprint density at radius 3 is 2.29 bits per heavy atom. The molecule has 1 aliphatic rings. The van der Waals surface area contributed by atoms with Crippen molar-refractivity contribution in [1.29, 1.82) is 0 Å². The number of hydrogen-bond donors (Lipinski definition) is 3. The van der Waals surface area contributed by atoms with E-state index >= 15 is 0 Å². The number of hydrogen-bond acceptors (Lipinski definition) is 4. The fourth-order valence-corrected chi connectivity index (χ4v) is 2.36. The van der Waals surface area contributed by atoms with E-state index in [4.69, 9.17) is 16.7 Å². The van der Waals surface area contributed by atoms with E-state index in [0.717, 1.165) is 0 Å². The average molecular weight is 290 g/mol. The zero-order valence-corrected chi connectivity index (χ0v) is 11.7. The third-order valence-corrected chi connectivity index (χ3v) is 3.89. The first-order valence-electron chi connectivity index (χ1n) is 6.54. The summed E-state index contributed by atoms with van der Waals surface area (Å²) in [5, 5.41) is 11.5. The van der Waals surface area contributed by atoms with Crippen molar-refractivity contribution in [3.63, 3.8) is 0 Å². The van der Waals surface area contributed by atoms with Crippen molar-refractivity contribution in [2.24, 2.45) is 22.0 Å². The number of nitrogens with zero attached hydrogens (tertiary/aromatic N) is 2. The second kappa shape index (κ2) is 5.43. The Hall–Kier alpha value is -2.57. The van der Waals surface area contributed by atoms with Crippen LogP contribution in [-0.4, -0.2) is 40.8 Å². The molecule has 1 unspecified atom stereocenters. The van der Waals surface area contributed by atoms with Crippen LogP contribution in [0.1, 0.15) is 29.3 Å². The minimum absolute atomic E-state index is 0.0172. The quantitative estimate of drug-likeness (QED) is 0.316. The highest BCUT2D eigenvalue weighted by Crippen LogP contribution is 2.30. The molecule has 1 fully saturated rings. The lowest BCUT2D eigenvalue weighted by Gasteiger charge is -2.21. The Labute approximate surface area is 122 Å². The van der Waals surface area contributed by atoms with Gasteiger partial charge >= 0.3 is 0 Å². The smallest absolute Gasteiger partial charge is 0.253 e.